The van der Waals surface area contributed by atoms with Crippen LogP contribution in [-0.4, -0.2) is 48.2 Å². The number of likely N-dealkylation sites (tertiary alicyclic amines) is 1. The lowest BCUT2D eigenvalue weighted by molar-refractivity contribution is -0.122. The Kier molecular flexibility index (Phi) is 5.77. The molecule has 1 amide bonds. The van der Waals surface area contributed by atoms with Crippen LogP contribution in [0.15, 0.2) is 0 Å². The van der Waals surface area contributed by atoms with Gasteiger partial charge < -0.3 is 15.3 Å². The Morgan fingerprint density at radius 3 is 2.56 bits per heavy atom. The van der Waals surface area contributed by atoms with Crippen LogP contribution in [0, 0.1) is 5.92 Å². The molecule has 94 valence electrons. The van der Waals surface area contributed by atoms with Crippen LogP contribution < -0.4 is 5.32 Å². The second-order valence-corrected chi connectivity index (χ2v) is 4.94. The van der Waals surface area contributed by atoms with Crippen LogP contribution in [-0.2, 0) is 4.79 Å². The van der Waals surface area contributed by atoms with Crippen LogP contribution in [0.25, 0.3) is 0 Å². The largest absolute Gasteiger partial charge is 0.396 e. The van der Waals surface area contributed by atoms with Crippen molar-refractivity contribution in [1.82, 2.24) is 10.2 Å². The van der Waals surface area contributed by atoms with Gasteiger partial charge in [0, 0.05) is 25.6 Å². The van der Waals surface area contributed by atoms with E-state index in [4.69, 9.17) is 5.11 Å². The fourth-order valence-corrected chi connectivity index (χ4v) is 2.05. The molecule has 2 N–H and O–H groups in total. The van der Waals surface area contributed by atoms with Crippen LogP contribution in [0.4, 0.5) is 0 Å². The summed E-state index contributed by atoms with van der Waals surface area (Å²) < 4.78 is 0. The van der Waals surface area contributed by atoms with Gasteiger partial charge in [0.25, 0.3) is 0 Å². The molecule has 4 heteroatoms. The van der Waals surface area contributed by atoms with E-state index in [1.807, 2.05) is 13.8 Å². The molecule has 0 aromatic rings. The van der Waals surface area contributed by atoms with E-state index in [1.165, 1.54) is 0 Å². The molecule has 0 aromatic heterocycles. The second-order valence-electron chi connectivity index (χ2n) is 4.94. The van der Waals surface area contributed by atoms with E-state index in [9.17, 15) is 4.79 Å². The van der Waals surface area contributed by atoms with Crippen molar-refractivity contribution in [3.63, 3.8) is 0 Å². The third kappa shape index (κ3) is 4.94. The Labute approximate surface area is 98.0 Å². The first-order chi connectivity index (χ1) is 7.61. The van der Waals surface area contributed by atoms with Gasteiger partial charge in [-0.05, 0) is 45.7 Å². The molecule has 1 aliphatic heterocycles. The molecule has 0 bridgehead atoms. The number of hydrogen-bond acceptors (Lipinski definition) is 3. The van der Waals surface area contributed by atoms with Crippen molar-refractivity contribution < 1.29 is 9.90 Å². The van der Waals surface area contributed by atoms with Crippen LogP contribution in [0.1, 0.15) is 33.1 Å². The summed E-state index contributed by atoms with van der Waals surface area (Å²) in [7, 11) is 0. The second kappa shape index (κ2) is 6.86. The fraction of sp³-hybridized carbons (Fsp3) is 0.917. The fourth-order valence-electron chi connectivity index (χ4n) is 2.05. The number of aliphatic hydroxyl groups excluding tert-OH is 1. The molecular formula is C12H24N2O2. The highest BCUT2D eigenvalue weighted by atomic mass is 16.3. The monoisotopic (exact) mass is 228 g/mol. The van der Waals surface area contributed by atoms with Gasteiger partial charge in [-0.15, -0.1) is 0 Å². The predicted molar refractivity (Wildman–Crippen MR) is 64.1 cm³/mol. The zero-order valence-corrected chi connectivity index (χ0v) is 10.4. The van der Waals surface area contributed by atoms with E-state index in [0.29, 0.717) is 18.9 Å². The zero-order chi connectivity index (χ0) is 12.0. The summed E-state index contributed by atoms with van der Waals surface area (Å²) in [5.74, 6) is 0.611. The first-order valence-electron chi connectivity index (χ1n) is 6.24. The van der Waals surface area contributed by atoms with Gasteiger partial charge in [-0.2, -0.15) is 0 Å². The molecule has 0 radical (unpaired) electrons. The van der Waals surface area contributed by atoms with Crippen molar-refractivity contribution in [3.05, 3.63) is 0 Å². The number of aliphatic hydroxyl groups is 1. The molecule has 0 spiro atoms. The topological polar surface area (TPSA) is 52.6 Å². The van der Waals surface area contributed by atoms with Crippen molar-refractivity contribution in [2.24, 2.45) is 5.92 Å². The molecule has 1 heterocycles. The molecule has 1 aliphatic rings. The average Bonchev–Trinajstić information content (AvgIpc) is 2.26. The standard InChI is InChI=1S/C12H24N2O2/c1-10(2)13-12(16)5-8-14-6-3-11(9-15)4-7-14/h10-11,15H,3-9H2,1-2H3,(H,13,16). The molecular weight excluding hydrogens is 204 g/mol. The number of amides is 1. The van der Waals surface area contributed by atoms with Crippen LogP contribution in [0.2, 0.25) is 0 Å². The van der Waals surface area contributed by atoms with Gasteiger partial charge in [-0.25, -0.2) is 0 Å². The van der Waals surface area contributed by atoms with Crippen molar-refractivity contribution in [1.29, 1.82) is 0 Å². The lowest BCUT2D eigenvalue weighted by Gasteiger charge is -2.30. The molecule has 1 rings (SSSR count). The lowest BCUT2D eigenvalue weighted by Crippen LogP contribution is -2.38. The number of piperidine rings is 1. The number of carbonyl (C=O) groups excluding carboxylic acids is 1. The van der Waals surface area contributed by atoms with Gasteiger partial charge in [-0.3, -0.25) is 4.79 Å². The molecule has 0 unspecified atom stereocenters. The third-order valence-electron chi connectivity index (χ3n) is 3.07. The van der Waals surface area contributed by atoms with Crippen LogP contribution >= 0.6 is 0 Å². The maximum absolute atomic E-state index is 11.4. The first-order valence-corrected chi connectivity index (χ1v) is 6.24. The highest BCUT2D eigenvalue weighted by molar-refractivity contribution is 5.76. The Bertz CT molecular complexity index is 211. The van der Waals surface area contributed by atoms with Crippen LogP contribution in [0.5, 0.6) is 0 Å². The van der Waals surface area contributed by atoms with Gasteiger partial charge in [0.2, 0.25) is 5.91 Å². The molecule has 0 saturated carbocycles. The Morgan fingerprint density at radius 2 is 2.06 bits per heavy atom. The van der Waals surface area contributed by atoms with Gasteiger partial charge >= 0.3 is 0 Å². The molecule has 1 saturated heterocycles. The summed E-state index contributed by atoms with van der Waals surface area (Å²) in [5.41, 5.74) is 0. The number of carbonyl (C=O) groups is 1. The van der Waals surface area contributed by atoms with E-state index in [-0.39, 0.29) is 11.9 Å². The van der Waals surface area contributed by atoms with E-state index in [0.717, 1.165) is 32.5 Å². The van der Waals surface area contributed by atoms with E-state index >= 15 is 0 Å². The van der Waals surface area contributed by atoms with E-state index in [1.54, 1.807) is 0 Å². The summed E-state index contributed by atoms with van der Waals surface area (Å²) in [6.07, 6.45) is 2.70. The predicted octanol–water partition coefficient (Wildman–Crippen LogP) is 0.605. The van der Waals surface area contributed by atoms with Crippen molar-refractivity contribution in [2.75, 3.05) is 26.2 Å². The number of rotatable bonds is 5. The minimum atomic E-state index is 0.138. The maximum Gasteiger partial charge on any atom is 0.221 e. The number of nitrogens with zero attached hydrogens (tertiary/aromatic N) is 1. The Hall–Kier alpha value is -0.610. The van der Waals surface area contributed by atoms with Gasteiger partial charge in [0.1, 0.15) is 0 Å². The molecule has 4 nitrogen and oxygen atoms in total. The van der Waals surface area contributed by atoms with Gasteiger partial charge in [0.15, 0.2) is 0 Å². The number of hydrogen-bond donors (Lipinski definition) is 2. The molecule has 16 heavy (non-hydrogen) atoms. The van der Waals surface area contributed by atoms with E-state index < -0.39 is 0 Å². The average molecular weight is 228 g/mol. The highest BCUT2D eigenvalue weighted by Gasteiger charge is 2.18. The summed E-state index contributed by atoms with van der Waals surface area (Å²) in [6.45, 7) is 7.13. The van der Waals surface area contributed by atoms with Crippen molar-refractivity contribution in [2.45, 2.75) is 39.2 Å². The normalized spacial score (nSPS) is 19.0. The smallest absolute Gasteiger partial charge is 0.221 e. The maximum atomic E-state index is 11.4. The third-order valence-corrected chi connectivity index (χ3v) is 3.07. The Balaban J connectivity index is 2.12. The minimum Gasteiger partial charge on any atom is -0.396 e. The minimum absolute atomic E-state index is 0.138. The molecule has 1 fully saturated rings. The summed E-state index contributed by atoms with van der Waals surface area (Å²) in [6, 6.07) is 0.229. The number of nitrogens with one attached hydrogen (secondary N) is 1. The van der Waals surface area contributed by atoms with Crippen molar-refractivity contribution >= 4 is 5.91 Å². The lowest BCUT2D eigenvalue weighted by atomic mass is 9.98. The SMILES string of the molecule is CC(C)NC(=O)CCN1CCC(CO)CC1. The van der Waals surface area contributed by atoms with Gasteiger partial charge in [-0.1, -0.05) is 0 Å². The molecule has 0 aromatic carbocycles. The molecule has 0 aliphatic carbocycles. The first kappa shape index (κ1) is 13.5. The van der Waals surface area contributed by atoms with Gasteiger partial charge in [0.05, 0.1) is 0 Å². The summed E-state index contributed by atoms with van der Waals surface area (Å²) >= 11 is 0. The van der Waals surface area contributed by atoms with E-state index in [2.05, 4.69) is 10.2 Å². The van der Waals surface area contributed by atoms with Crippen molar-refractivity contribution in [3.8, 4) is 0 Å². The molecule has 0 atom stereocenters. The summed E-state index contributed by atoms with van der Waals surface area (Å²) in [4.78, 5) is 13.8. The summed E-state index contributed by atoms with van der Waals surface area (Å²) in [5, 5.41) is 11.9. The zero-order valence-electron chi connectivity index (χ0n) is 10.4. The quantitative estimate of drug-likeness (QED) is 0.725. The van der Waals surface area contributed by atoms with Crippen LogP contribution in [0.3, 0.4) is 0 Å². The Morgan fingerprint density at radius 1 is 1.44 bits per heavy atom. The highest BCUT2D eigenvalue weighted by Crippen LogP contribution is 2.16.